The van der Waals surface area contributed by atoms with Gasteiger partial charge < -0.3 is 75.3 Å². The van der Waals surface area contributed by atoms with Crippen molar-refractivity contribution in [2.45, 2.75) is 317 Å². The average Bonchev–Trinajstić information content (AvgIpc) is 1.67. The zero-order valence-corrected chi connectivity index (χ0v) is 60.1. The molecule has 0 aliphatic heterocycles. The number of carbonyl (C=O) groups excluding carboxylic acids is 13. The number of nitrogens with one attached hydrogen (secondary N) is 12. The number of carbonyl (C=O) groups is 13. The maximum absolute atomic E-state index is 14.3. The minimum absolute atomic E-state index is 0.0114. The van der Waals surface area contributed by atoms with Crippen LogP contribution < -0.4 is 75.3 Å². The summed E-state index contributed by atoms with van der Waals surface area (Å²) in [5.41, 5.74) is 11.5. The number of nitrogens with two attached hydrogens (primary N) is 2. The quantitative estimate of drug-likeness (QED) is 0.0479. The summed E-state index contributed by atoms with van der Waals surface area (Å²) in [5.74, 6) is -7.87. The van der Waals surface area contributed by atoms with Crippen molar-refractivity contribution in [1.82, 2.24) is 63.8 Å². The van der Waals surface area contributed by atoms with Crippen LogP contribution >= 0.6 is 0 Å². The number of primary amides is 1. The molecule has 0 unspecified atom stereocenters. The summed E-state index contributed by atoms with van der Waals surface area (Å²) in [6.45, 7) is 1.91. The summed E-state index contributed by atoms with van der Waals surface area (Å²) in [4.78, 5) is 178. The van der Waals surface area contributed by atoms with E-state index < -0.39 is 101 Å². The van der Waals surface area contributed by atoms with E-state index in [-0.39, 0.29) is 119 Å². The summed E-state index contributed by atoms with van der Waals surface area (Å²) < 4.78 is 0. The molecule has 0 saturated heterocycles. The van der Waals surface area contributed by atoms with Crippen molar-refractivity contribution < 1.29 is 62.3 Å². The van der Waals surface area contributed by atoms with Crippen LogP contribution in [0, 0.1) is 65.1 Å². The van der Waals surface area contributed by atoms with Gasteiger partial charge in [0.2, 0.25) is 76.8 Å². The van der Waals surface area contributed by atoms with Gasteiger partial charge in [0, 0.05) is 85.8 Å². The Morgan fingerprint density at radius 1 is 0.275 bits per heavy atom. The summed E-state index contributed by atoms with van der Waals surface area (Å²) in [5, 5.41) is 37.8. The van der Waals surface area contributed by atoms with E-state index >= 15 is 0 Å². The normalized spacial score (nSPS) is 35.7. The molecule has 0 heterocycles. The number of rotatable bonds is 29. The van der Waals surface area contributed by atoms with Gasteiger partial charge in [-0.3, -0.25) is 62.3 Å². The smallest absolute Gasteiger partial charge is 0.225 e. The van der Waals surface area contributed by atoms with Crippen LogP contribution in [0.15, 0.2) is 0 Å². The number of amides is 13. The predicted molar refractivity (Wildman–Crippen MR) is 376 cm³/mol. The van der Waals surface area contributed by atoms with Crippen LogP contribution in [0.5, 0.6) is 0 Å². The lowest BCUT2D eigenvalue weighted by molar-refractivity contribution is -0.132. The molecule has 102 heavy (non-hydrogen) atoms. The van der Waals surface area contributed by atoms with E-state index in [0.717, 1.165) is 83.5 Å². The Morgan fingerprint density at radius 3 is 0.706 bits per heavy atom. The van der Waals surface area contributed by atoms with Crippen LogP contribution in [0.1, 0.15) is 244 Å². The second-order valence-corrected chi connectivity index (χ2v) is 32.5. The fourth-order valence-electron chi connectivity index (χ4n) is 20.4. The third-order valence-electron chi connectivity index (χ3n) is 25.9. The third kappa shape index (κ3) is 18.9. The molecule has 27 heteroatoms. The second-order valence-electron chi connectivity index (χ2n) is 32.5. The zero-order valence-electron chi connectivity index (χ0n) is 60.1. The lowest BCUT2D eigenvalue weighted by atomic mass is 9.95. The highest BCUT2D eigenvalue weighted by Gasteiger charge is 2.48. The molecule has 11 fully saturated rings. The monoisotopic (exact) mass is 1420 g/mol. The molecule has 11 saturated carbocycles. The highest BCUT2D eigenvalue weighted by Crippen LogP contribution is 2.38. The van der Waals surface area contributed by atoms with Gasteiger partial charge in [-0.1, -0.05) is 77.0 Å². The van der Waals surface area contributed by atoms with Crippen LogP contribution in [-0.2, 0) is 62.3 Å². The fourth-order valence-corrected chi connectivity index (χ4v) is 20.4. The predicted octanol–water partition coefficient (Wildman–Crippen LogP) is 2.63. The zero-order chi connectivity index (χ0) is 72.1. The lowest BCUT2D eigenvalue weighted by Gasteiger charge is -2.29. The Hall–Kier alpha value is -6.93. The van der Waals surface area contributed by atoms with Crippen molar-refractivity contribution in [3.63, 3.8) is 0 Å². The Labute approximate surface area is 600 Å². The Morgan fingerprint density at radius 2 is 0.480 bits per heavy atom. The van der Waals surface area contributed by atoms with Crippen LogP contribution in [0.25, 0.3) is 0 Å². The first-order valence-corrected chi connectivity index (χ1v) is 39.8. The first-order valence-electron chi connectivity index (χ1n) is 39.8. The molecule has 11 aliphatic carbocycles. The van der Waals surface area contributed by atoms with Crippen LogP contribution in [0.3, 0.4) is 0 Å². The SMILES string of the molecule is CC(=O)N[C@H]1CCC[C@@H]1C(=O)N[C@H]1CCC[C@@H]1C(=O)N[C@@H](CCCCN)CC(=O)N[C@H]1CCC[C@@H]1C(=O)N[C@H]1CCC[C@@H]1C(=O)N[C@H]1CCC[C@@H]1C(=O)N[C@H]1CCC[C@@H]1C(=O)N[C@H]1CCC[C@@H]1C(=O)N[C@H]1CCC[C@@H]1C(=O)N[C@H]1CCC[C@@H]1C(=O)N[C@H]1CCC[C@@H]1C(=O)N[C@H]1CCC[C@@H]1C(N)=O. The van der Waals surface area contributed by atoms with Gasteiger partial charge in [-0.15, -0.1) is 0 Å². The Bertz CT molecular complexity index is 3060. The molecule has 0 radical (unpaired) electrons. The summed E-state index contributed by atoms with van der Waals surface area (Å²) >= 11 is 0. The minimum atomic E-state index is -0.510. The molecule has 23 atom stereocenters. The Balaban J connectivity index is 0.606. The highest BCUT2D eigenvalue weighted by molar-refractivity contribution is 5.90. The molecule has 566 valence electrons. The summed E-state index contributed by atoms with van der Waals surface area (Å²) in [7, 11) is 0. The van der Waals surface area contributed by atoms with Crippen molar-refractivity contribution in [1.29, 1.82) is 0 Å². The maximum Gasteiger partial charge on any atom is 0.225 e. The van der Waals surface area contributed by atoms with Gasteiger partial charge in [-0.05, 0) is 161 Å². The molecular formula is C75H118N14O13. The van der Waals surface area contributed by atoms with Gasteiger partial charge in [0.15, 0.2) is 0 Å². The molecule has 0 aromatic rings. The maximum atomic E-state index is 14.3. The van der Waals surface area contributed by atoms with Crippen molar-refractivity contribution in [3.05, 3.63) is 0 Å². The minimum Gasteiger partial charge on any atom is -0.369 e. The lowest BCUT2D eigenvalue weighted by Crippen LogP contribution is -2.54. The van der Waals surface area contributed by atoms with Crippen molar-refractivity contribution >= 4 is 76.8 Å². The molecule has 11 rings (SSSR count). The van der Waals surface area contributed by atoms with Gasteiger partial charge in [-0.25, -0.2) is 0 Å². The van der Waals surface area contributed by atoms with Gasteiger partial charge in [-0.2, -0.15) is 0 Å². The molecule has 0 aromatic carbocycles. The van der Waals surface area contributed by atoms with Crippen molar-refractivity contribution in [2.24, 2.45) is 76.6 Å². The standard InChI is InChI=1S/C75H118N14O13/c1-40(90)78-54-28-5-17-43(54)67(94)82-56-30-7-19-45(56)66(93)79-41(15-2-3-38-76)39-64(91)80-55-29-6-18-44(55)68(95)83-58-32-9-21-47(58)70(97)85-60-34-11-23-49(60)72(99)87-62-36-13-25-51(62)74(101)89-63-37-14-26-52(63)75(102)88-61-35-12-24-50(61)73(100)86-59-33-10-22-48(59)71(98)84-57-31-8-20-46(57)69(96)81-53-27-4-16-42(53)65(77)92/h41-63H,2-39,76H2,1H3,(H2,77,92)(H,78,90)(H,79,93)(H,80,91)(H,81,96)(H,82,94)(H,83,95)(H,84,98)(H,85,97)(H,86,100)(H,87,99)(H,88,102)(H,89,101)/t41-,42-,43-,44-,45-,46-,47-,48-,49-,50-,51-,52-,53-,54-,55-,56-,57-,58-,59-,60-,61-,62-,63-/m0/s1. The van der Waals surface area contributed by atoms with E-state index in [0.29, 0.717) is 154 Å². The van der Waals surface area contributed by atoms with E-state index in [9.17, 15) is 62.3 Å². The van der Waals surface area contributed by atoms with Gasteiger partial charge >= 0.3 is 0 Å². The van der Waals surface area contributed by atoms with Crippen molar-refractivity contribution in [3.8, 4) is 0 Å². The van der Waals surface area contributed by atoms with E-state index in [4.69, 9.17) is 11.5 Å². The molecular weight excluding hydrogens is 1300 g/mol. The van der Waals surface area contributed by atoms with E-state index in [1.54, 1.807) is 0 Å². The van der Waals surface area contributed by atoms with Crippen LogP contribution in [0.4, 0.5) is 0 Å². The van der Waals surface area contributed by atoms with Crippen LogP contribution in [-0.4, -0.2) is 156 Å². The number of hydrogen-bond donors (Lipinski definition) is 14. The van der Waals surface area contributed by atoms with Gasteiger partial charge in [0.1, 0.15) is 0 Å². The molecule has 0 bridgehead atoms. The first kappa shape index (κ1) is 76.2. The van der Waals surface area contributed by atoms with Crippen molar-refractivity contribution in [2.75, 3.05) is 6.54 Å². The van der Waals surface area contributed by atoms with Gasteiger partial charge in [0.05, 0.1) is 65.1 Å². The molecule has 0 spiro atoms. The summed E-state index contributed by atoms with van der Waals surface area (Å²) in [6.07, 6.45) is 24.0. The van der Waals surface area contributed by atoms with E-state index in [1.165, 1.54) is 6.92 Å². The molecule has 27 nitrogen and oxygen atoms in total. The number of unbranched alkanes of at least 4 members (excludes halogenated alkanes) is 1. The number of hydrogen-bond acceptors (Lipinski definition) is 14. The Kier molecular flexibility index (Phi) is 26.7. The topological polar surface area (TPSA) is 418 Å². The third-order valence-corrected chi connectivity index (χ3v) is 25.9. The fraction of sp³-hybridized carbons (Fsp3) is 0.827. The van der Waals surface area contributed by atoms with E-state index in [1.807, 2.05) is 0 Å². The highest BCUT2D eigenvalue weighted by atomic mass is 16.2. The molecule has 11 aliphatic rings. The molecule has 13 amide bonds. The van der Waals surface area contributed by atoms with Gasteiger partial charge in [0.25, 0.3) is 0 Å². The van der Waals surface area contributed by atoms with E-state index in [2.05, 4.69) is 63.8 Å². The summed E-state index contributed by atoms with van der Waals surface area (Å²) in [6, 6.07) is -4.63. The second kappa shape index (κ2) is 35.7. The average molecular weight is 1420 g/mol. The van der Waals surface area contributed by atoms with Crippen LogP contribution in [0.2, 0.25) is 0 Å². The molecule has 16 N–H and O–H groups in total. The first-order chi connectivity index (χ1) is 49.2. The molecule has 0 aromatic heterocycles. The largest absolute Gasteiger partial charge is 0.369 e.